The molecule has 1 saturated heterocycles. The standard InChI is InChI=1S/C16H22N6O3/c1-11-14(22(23)24)16(20(4)18-11)21-9-7-12(10-21)25-13-6-5-8-17-15(13)19(2)3/h5-6,8,12H,7,9-10H2,1-4H3/t12-/m1/s1. The highest BCUT2D eigenvalue weighted by atomic mass is 16.6. The van der Waals surface area contributed by atoms with Gasteiger partial charge in [-0.1, -0.05) is 0 Å². The van der Waals surface area contributed by atoms with Crippen molar-refractivity contribution in [2.75, 3.05) is 37.0 Å². The van der Waals surface area contributed by atoms with Crippen LogP contribution < -0.4 is 14.5 Å². The van der Waals surface area contributed by atoms with Crippen LogP contribution in [0.1, 0.15) is 12.1 Å². The molecule has 0 aliphatic carbocycles. The molecular weight excluding hydrogens is 324 g/mol. The number of rotatable bonds is 5. The van der Waals surface area contributed by atoms with Gasteiger partial charge in [-0.05, 0) is 19.1 Å². The minimum absolute atomic E-state index is 0.0577. The molecule has 25 heavy (non-hydrogen) atoms. The number of anilines is 2. The molecule has 2 aromatic heterocycles. The minimum atomic E-state index is -0.364. The number of aryl methyl sites for hydroxylation is 2. The van der Waals surface area contributed by atoms with E-state index in [9.17, 15) is 10.1 Å². The molecule has 1 atom stereocenters. The molecule has 3 rings (SSSR count). The Bertz CT molecular complexity index is 788. The van der Waals surface area contributed by atoms with E-state index in [-0.39, 0.29) is 16.7 Å². The van der Waals surface area contributed by atoms with Crippen molar-refractivity contribution in [1.29, 1.82) is 0 Å². The van der Waals surface area contributed by atoms with Gasteiger partial charge in [-0.2, -0.15) is 5.10 Å². The zero-order valence-electron chi connectivity index (χ0n) is 14.8. The second kappa shape index (κ2) is 6.58. The Kier molecular flexibility index (Phi) is 4.47. The van der Waals surface area contributed by atoms with Gasteiger partial charge in [-0.25, -0.2) is 9.67 Å². The first-order chi connectivity index (χ1) is 11.9. The maximum Gasteiger partial charge on any atom is 0.333 e. The molecule has 0 N–H and O–H groups in total. The SMILES string of the molecule is Cc1nn(C)c(N2CC[C@@H](Oc3cccnc3N(C)C)C2)c1[N+](=O)[O-]. The summed E-state index contributed by atoms with van der Waals surface area (Å²) in [6.07, 6.45) is 2.45. The second-order valence-corrected chi connectivity index (χ2v) is 6.33. The summed E-state index contributed by atoms with van der Waals surface area (Å²) >= 11 is 0. The summed E-state index contributed by atoms with van der Waals surface area (Å²) in [6.45, 7) is 2.91. The first-order valence-electron chi connectivity index (χ1n) is 8.10. The largest absolute Gasteiger partial charge is 0.485 e. The molecule has 0 radical (unpaired) electrons. The number of nitro groups is 1. The average molecular weight is 346 g/mol. The molecule has 0 unspecified atom stereocenters. The van der Waals surface area contributed by atoms with Gasteiger partial charge in [0.1, 0.15) is 11.8 Å². The van der Waals surface area contributed by atoms with Crippen LogP contribution in [-0.2, 0) is 7.05 Å². The maximum absolute atomic E-state index is 11.4. The molecule has 0 saturated carbocycles. The van der Waals surface area contributed by atoms with Crippen molar-refractivity contribution in [2.24, 2.45) is 7.05 Å². The molecule has 2 aromatic rings. The van der Waals surface area contributed by atoms with Gasteiger partial charge < -0.3 is 14.5 Å². The van der Waals surface area contributed by atoms with Crippen molar-refractivity contribution in [3.63, 3.8) is 0 Å². The van der Waals surface area contributed by atoms with E-state index < -0.39 is 0 Å². The van der Waals surface area contributed by atoms with E-state index in [0.29, 0.717) is 24.6 Å². The lowest BCUT2D eigenvalue weighted by atomic mass is 10.3. The van der Waals surface area contributed by atoms with Gasteiger partial charge in [0.25, 0.3) is 0 Å². The Balaban J connectivity index is 1.79. The van der Waals surface area contributed by atoms with Crippen LogP contribution in [-0.4, -0.2) is 53.0 Å². The summed E-state index contributed by atoms with van der Waals surface area (Å²) in [5.74, 6) is 2.02. The van der Waals surface area contributed by atoms with Crippen LogP contribution in [0.2, 0.25) is 0 Å². The smallest absolute Gasteiger partial charge is 0.333 e. The van der Waals surface area contributed by atoms with Crippen molar-refractivity contribution in [3.8, 4) is 5.75 Å². The zero-order chi connectivity index (χ0) is 18.1. The predicted molar refractivity (Wildman–Crippen MR) is 94.4 cm³/mol. The molecule has 0 amide bonds. The van der Waals surface area contributed by atoms with Gasteiger partial charge in [0.2, 0.25) is 5.82 Å². The average Bonchev–Trinajstić information content (AvgIpc) is 3.11. The van der Waals surface area contributed by atoms with Crippen molar-refractivity contribution < 1.29 is 9.66 Å². The minimum Gasteiger partial charge on any atom is -0.485 e. The molecule has 1 aliphatic heterocycles. The Morgan fingerprint density at radius 2 is 2.20 bits per heavy atom. The van der Waals surface area contributed by atoms with Crippen LogP contribution in [0.5, 0.6) is 5.75 Å². The number of ether oxygens (including phenoxy) is 1. The Morgan fingerprint density at radius 1 is 1.44 bits per heavy atom. The second-order valence-electron chi connectivity index (χ2n) is 6.33. The monoisotopic (exact) mass is 346 g/mol. The third-order valence-electron chi connectivity index (χ3n) is 4.26. The molecule has 1 fully saturated rings. The van der Waals surface area contributed by atoms with Gasteiger partial charge in [0.15, 0.2) is 11.6 Å². The van der Waals surface area contributed by atoms with E-state index in [4.69, 9.17) is 4.74 Å². The lowest BCUT2D eigenvalue weighted by molar-refractivity contribution is -0.384. The number of aromatic nitrogens is 3. The van der Waals surface area contributed by atoms with E-state index in [1.54, 1.807) is 24.9 Å². The summed E-state index contributed by atoms with van der Waals surface area (Å²) in [6, 6.07) is 3.73. The molecule has 0 bridgehead atoms. The fraction of sp³-hybridized carbons (Fsp3) is 0.500. The lowest BCUT2D eigenvalue weighted by Crippen LogP contribution is -2.27. The molecule has 0 aromatic carbocycles. The van der Waals surface area contributed by atoms with Crippen LogP contribution in [0, 0.1) is 17.0 Å². The predicted octanol–water partition coefficient (Wildman–Crippen LogP) is 1.76. The van der Waals surface area contributed by atoms with Crippen molar-refractivity contribution in [3.05, 3.63) is 34.1 Å². The maximum atomic E-state index is 11.4. The van der Waals surface area contributed by atoms with Crippen LogP contribution in [0.15, 0.2) is 18.3 Å². The van der Waals surface area contributed by atoms with Crippen molar-refractivity contribution in [1.82, 2.24) is 14.8 Å². The van der Waals surface area contributed by atoms with Gasteiger partial charge in [0, 0.05) is 40.3 Å². The Morgan fingerprint density at radius 3 is 2.88 bits per heavy atom. The third kappa shape index (κ3) is 3.21. The fourth-order valence-corrected chi connectivity index (χ4v) is 3.21. The zero-order valence-corrected chi connectivity index (χ0v) is 14.8. The van der Waals surface area contributed by atoms with E-state index in [2.05, 4.69) is 10.1 Å². The number of hydrogen-bond acceptors (Lipinski definition) is 7. The number of hydrogen-bond donors (Lipinski definition) is 0. The van der Waals surface area contributed by atoms with Crippen LogP contribution in [0.3, 0.4) is 0 Å². The first kappa shape index (κ1) is 17.0. The van der Waals surface area contributed by atoms with E-state index in [1.165, 1.54) is 0 Å². The van der Waals surface area contributed by atoms with Crippen molar-refractivity contribution in [2.45, 2.75) is 19.4 Å². The molecule has 3 heterocycles. The Labute approximate surface area is 146 Å². The lowest BCUT2D eigenvalue weighted by Gasteiger charge is -2.20. The summed E-state index contributed by atoms with van der Waals surface area (Å²) < 4.78 is 7.70. The quantitative estimate of drug-likeness (QED) is 0.602. The first-order valence-corrected chi connectivity index (χ1v) is 8.10. The van der Waals surface area contributed by atoms with E-state index in [1.807, 2.05) is 36.0 Å². The summed E-state index contributed by atoms with van der Waals surface area (Å²) in [7, 11) is 5.56. The van der Waals surface area contributed by atoms with Crippen LogP contribution in [0.25, 0.3) is 0 Å². The molecular formula is C16H22N6O3. The third-order valence-corrected chi connectivity index (χ3v) is 4.26. The number of pyridine rings is 1. The fourth-order valence-electron chi connectivity index (χ4n) is 3.21. The van der Waals surface area contributed by atoms with Crippen LogP contribution in [0.4, 0.5) is 17.3 Å². The van der Waals surface area contributed by atoms with Gasteiger partial charge in [-0.15, -0.1) is 0 Å². The van der Waals surface area contributed by atoms with E-state index >= 15 is 0 Å². The summed E-state index contributed by atoms with van der Waals surface area (Å²) in [5.41, 5.74) is 0.493. The van der Waals surface area contributed by atoms with Gasteiger partial charge in [-0.3, -0.25) is 10.1 Å². The number of nitrogens with zero attached hydrogens (tertiary/aromatic N) is 6. The highest BCUT2D eigenvalue weighted by Gasteiger charge is 2.34. The Hall–Kier alpha value is -2.84. The molecule has 0 spiro atoms. The van der Waals surface area contributed by atoms with Gasteiger partial charge in [0.05, 0.1) is 11.5 Å². The molecule has 9 nitrogen and oxygen atoms in total. The highest BCUT2D eigenvalue weighted by molar-refractivity contribution is 5.62. The molecule has 1 aliphatic rings. The summed E-state index contributed by atoms with van der Waals surface area (Å²) in [4.78, 5) is 19.2. The van der Waals surface area contributed by atoms with Gasteiger partial charge >= 0.3 is 5.69 Å². The highest BCUT2D eigenvalue weighted by Crippen LogP contribution is 2.34. The van der Waals surface area contributed by atoms with E-state index in [0.717, 1.165) is 18.0 Å². The van der Waals surface area contributed by atoms with Crippen molar-refractivity contribution >= 4 is 17.3 Å². The van der Waals surface area contributed by atoms with Crippen LogP contribution >= 0.6 is 0 Å². The normalized spacial score (nSPS) is 17.0. The molecule has 9 heteroatoms. The topological polar surface area (TPSA) is 89.6 Å². The summed E-state index contributed by atoms with van der Waals surface area (Å²) in [5, 5.41) is 15.6. The molecule has 134 valence electrons.